The SMILES string of the molecule is CC(Nc1c(F)cc(F)cc1Cl)c1ccc(C(=O)O)o1. The number of hydrogen-bond donors (Lipinski definition) is 2. The van der Waals surface area contributed by atoms with Crippen LogP contribution in [0.4, 0.5) is 14.5 Å². The van der Waals surface area contributed by atoms with Gasteiger partial charge >= 0.3 is 5.97 Å². The van der Waals surface area contributed by atoms with E-state index in [9.17, 15) is 13.6 Å². The minimum Gasteiger partial charge on any atom is -0.475 e. The molecule has 2 N–H and O–H groups in total. The second kappa shape index (κ2) is 5.50. The number of anilines is 1. The number of benzene rings is 1. The van der Waals surface area contributed by atoms with Crippen molar-refractivity contribution < 1.29 is 23.1 Å². The molecule has 0 saturated heterocycles. The standard InChI is InChI=1S/C13H10ClF2NO3/c1-6(10-2-3-11(20-10)13(18)19)17-12-8(14)4-7(15)5-9(12)16/h2-6,17H,1H3,(H,18,19). The predicted octanol–water partition coefficient (Wildman–Crippen LogP) is 4.08. The summed E-state index contributed by atoms with van der Waals surface area (Å²) in [7, 11) is 0. The van der Waals surface area contributed by atoms with Crippen LogP contribution in [0.1, 0.15) is 29.3 Å². The molecule has 0 saturated carbocycles. The maximum Gasteiger partial charge on any atom is 0.371 e. The minimum atomic E-state index is -1.20. The van der Waals surface area contributed by atoms with E-state index in [2.05, 4.69) is 5.32 Å². The van der Waals surface area contributed by atoms with E-state index < -0.39 is 23.6 Å². The lowest BCUT2D eigenvalue weighted by molar-refractivity contribution is 0.0660. The highest BCUT2D eigenvalue weighted by atomic mass is 35.5. The zero-order chi connectivity index (χ0) is 14.9. The van der Waals surface area contributed by atoms with Crippen LogP contribution in [-0.2, 0) is 0 Å². The van der Waals surface area contributed by atoms with Crippen molar-refractivity contribution in [2.45, 2.75) is 13.0 Å². The molecule has 0 aliphatic heterocycles. The number of carboxylic acids is 1. The molecule has 1 heterocycles. The Morgan fingerprint density at radius 3 is 2.65 bits per heavy atom. The monoisotopic (exact) mass is 301 g/mol. The highest BCUT2D eigenvalue weighted by Gasteiger charge is 2.17. The van der Waals surface area contributed by atoms with Crippen molar-refractivity contribution in [1.29, 1.82) is 0 Å². The lowest BCUT2D eigenvalue weighted by Crippen LogP contribution is -2.08. The van der Waals surface area contributed by atoms with Crippen LogP contribution in [0, 0.1) is 11.6 Å². The van der Waals surface area contributed by atoms with Crippen LogP contribution in [-0.4, -0.2) is 11.1 Å². The lowest BCUT2D eigenvalue weighted by Gasteiger charge is -2.15. The number of rotatable bonds is 4. The highest BCUT2D eigenvalue weighted by Crippen LogP contribution is 2.30. The van der Waals surface area contributed by atoms with Gasteiger partial charge in [0.25, 0.3) is 0 Å². The van der Waals surface area contributed by atoms with Gasteiger partial charge in [0.1, 0.15) is 11.6 Å². The Bertz CT molecular complexity index is 634. The van der Waals surface area contributed by atoms with E-state index in [-0.39, 0.29) is 16.5 Å². The number of aromatic carboxylic acids is 1. The maximum atomic E-state index is 13.6. The first kappa shape index (κ1) is 14.3. The number of furan rings is 1. The zero-order valence-electron chi connectivity index (χ0n) is 10.3. The van der Waals surface area contributed by atoms with Crippen LogP contribution < -0.4 is 5.32 Å². The molecule has 0 aliphatic carbocycles. The molecule has 0 fully saturated rings. The van der Waals surface area contributed by atoms with Gasteiger partial charge < -0.3 is 14.8 Å². The molecular formula is C13H10ClF2NO3. The Labute approximate surface area is 118 Å². The van der Waals surface area contributed by atoms with Crippen LogP contribution in [0.5, 0.6) is 0 Å². The van der Waals surface area contributed by atoms with Crippen LogP contribution in [0.25, 0.3) is 0 Å². The molecule has 7 heteroatoms. The first-order valence-electron chi connectivity index (χ1n) is 5.62. The first-order chi connectivity index (χ1) is 9.38. The molecule has 1 aromatic heterocycles. The van der Waals surface area contributed by atoms with Gasteiger partial charge in [-0.05, 0) is 25.1 Å². The van der Waals surface area contributed by atoms with Crippen molar-refractivity contribution in [3.05, 3.63) is 52.4 Å². The van der Waals surface area contributed by atoms with Crippen molar-refractivity contribution in [2.75, 3.05) is 5.32 Å². The predicted molar refractivity (Wildman–Crippen MR) is 69.1 cm³/mol. The van der Waals surface area contributed by atoms with Gasteiger partial charge in [0.05, 0.1) is 16.8 Å². The molecule has 1 atom stereocenters. The Morgan fingerprint density at radius 2 is 2.10 bits per heavy atom. The van der Waals surface area contributed by atoms with E-state index in [4.69, 9.17) is 21.1 Å². The topological polar surface area (TPSA) is 62.5 Å². The fourth-order valence-electron chi connectivity index (χ4n) is 1.67. The summed E-state index contributed by atoms with van der Waals surface area (Å²) in [6.45, 7) is 1.63. The largest absolute Gasteiger partial charge is 0.475 e. The van der Waals surface area contributed by atoms with Gasteiger partial charge in [-0.1, -0.05) is 11.6 Å². The zero-order valence-corrected chi connectivity index (χ0v) is 11.0. The Balaban J connectivity index is 2.23. The third-order valence-electron chi connectivity index (χ3n) is 2.63. The van der Waals surface area contributed by atoms with Gasteiger partial charge in [0, 0.05) is 6.07 Å². The molecule has 1 aromatic carbocycles. The fourth-order valence-corrected chi connectivity index (χ4v) is 1.92. The molecule has 0 bridgehead atoms. The summed E-state index contributed by atoms with van der Waals surface area (Å²) >= 11 is 5.75. The summed E-state index contributed by atoms with van der Waals surface area (Å²) in [5, 5.41) is 11.4. The lowest BCUT2D eigenvalue weighted by atomic mass is 10.2. The number of carboxylic acid groups (broad SMARTS) is 1. The van der Waals surface area contributed by atoms with Crippen LogP contribution >= 0.6 is 11.6 Å². The van der Waals surface area contributed by atoms with Crippen LogP contribution in [0.15, 0.2) is 28.7 Å². The number of nitrogens with one attached hydrogen (secondary N) is 1. The molecule has 0 aliphatic rings. The van der Waals surface area contributed by atoms with Crippen LogP contribution in [0.2, 0.25) is 5.02 Å². The number of carbonyl (C=O) groups is 1. The molecule has 20 heavy (non-hydrogen) atoms. The summed E-state index contributed by atoms with van der Waals surface area (Å²) in [5.74, 6) is -2.75. The Kier molecular flexibility index (Phi) is 3.94. The quantitative estimate of drug-likeness (QED) is 0.893. The van der Waals surface area contributed by atoms with E-state index in [1.807, 2.05) is 0 Å². The van der Waals surface area contributed by atoms with Crippen LogP contribution in [0.3, 0.4) is 0 Å². The summed E-state index contributed by atoms with van der Waals surface area (Å²) < 4.78 is 31.6. The second-order valence-corrected chi connectivity index (χ2v) is 4.52. The Hall–Kier alpha value is -2.08. The van der Waals surface area contributed by atoms with Crippen molar-refractivity contribution in [2.24, 2.45) is 0 Å². The minimum absolute atomic E-state index is 0.0751. The molecule has 1 unspecified atom stereocenters. The van der Waals surface area contributed by atoms with E-state index in [0.29, 0.717) is 11.8 Å². The molecular weight excluding hydrogens is 292 g/mol. The third kappa shape index (κ3) is 2.91. The second-order valence-electron chi connectivity index (χ2n) is 4.12. The van der Waals surface area contributed by atoms with E-state index in [0.717, 1.165) is 6.07 Å². The van der Waals surface area contributed by atoms with E-state index >= 15 is 0 Å². The molecule has 0 radical (unpaired) electrons. The van der Waals surface area contributed by atoms with Gasteiger partial charge in [0.2, 0.25) is 5.76 Å². The molecule has 4 nitrogen and oxygen atoms in total. The first-order valence-corrected chi connectivity index (χ1v) is 6.00. The number of hydrogen-bond acceptors (Lipinski definition) is 3. The van der Waals surface area contributed by atoms with Gasteiger partial charge in [-0.15, -0.1) is 0 Å². The van der Waals surface area contributed by atoms with Gasteiger partial charge in [0.15, 0.2) is 5.82 Å². The molecule has 2 rings (SSSR count). The summed E-state index contributed by atoms with van der Waals surface area (Å²) in [6, 6.07) is 3.88. The van der Waals surface area contributed by atoms with Crippen molar-refractivity contribution in [3.63, 3.8) is 0 Å². The average molecular weight is 302 g/mol. The Morgan fingerprint density at radius 1 is 1.40 bits per heavy atom. The number of halogens is 3. The summed E-state index contributed by atoms with van der Waals surface area (Å²) in [6.07, 6.45) is 0. The summed E-state index contributed by atoms with van der Waals surface area (Å²) in [5.41, 5.74) is -0.0751. The maximum absolute atomic E-state index is 13.6. The third-order valence-corrected chi connectivity index (χ3v) is 2.93. The van der Waals surface area contributed by atoms with Crippen molar-refractivity contribution in [3.8, 4) is 0 Å². The van der Waals surface area contributed by atoms with Gasteiger partial charge in [-0.3, -0.25) is 0 Å². The summed E-state index contributed by atoms with van der Waals surface area (Å²) in [4.78, 5) is 10.7. The molecule has 0 amide bonds. The molecule has 0 spiro atoms. The van der Waals surface area contributed by atoms with Crippen molar-refractivity contribution >= 4 is 23.3 Å². The fraction of sp³-hybridized carbons (Fsp3) is 0.154. The highest BCUT2D eigenvalue weighted by molar-refractivity contribution is 6.33. The smallest absolute Gasteiger partial charge is 0.371 e. The van der Waals surface area contributed by atoms with Gasteiger partial charge in [-0.25, -0.2) is 13.6 Å². The van der Waals surface area contributed by atoms with Crippen molar-refractivity contribution in [1.82, 2.24) is 0 Å². The van der Waals surface area contributed by atoms with E-state index in [1.54, 1.807) is 6.92 Å². The molecule has 106 valence electrons. The van der Waals surface area contributed by atoms with E-state index in [1.165, 1.54) is 12.1 Å². The molecule has 2 aromatic rings. The normalized spacial score (nSPS) is 12.2. The average Bonchev–Trinajstić information content (AvgIpc) is 2.83. The van der Waals surface area contributed by atoms with Gasteiger partial charge in [-0.2, -0.15) is 0 Å².